The van der Waals surface area contributed by atoms with Gasteiger partial charge in [0, 0.05) is 24.3 Å². The fraction of sp³-hybridized carbons (Fsp3) is 0.333. The van der Waals surface area contributed by atoms with Crippen molar-refractivity contribution in [1.29, 1.82) is 0 Å². The van der Waals surface area contributed by atoms with Crippen LogP contribution in [0.25, 0.3) is 0 Å². The van der Waals surface area contributed by atoms with E-state index in [4.69, 9.17) is 16.2 Å². The molecule has 0 atom stereocenters. The van der Waals surface area contributed by atoms with Crippen LogP contribution in [0.3, 0.4) is 0 Å². The molecule has 0 heterocycles. The van der Waals surface area contributed by atoms with Crippen LogP contribution in [-0.4, -0.2) is 25.0 Å². The Morgan fingerprint density at radius 2 is 2.11 bits per heavy atom. The highest BCUT2D eigenvalue weighted by Gasteiger charge is 2.11. The third-order valence-electron chi connectivity index (χ3n) is 2.25. The largest absolute Gasteiger partial charge is 0.462 e. The first-order valence-corrected chi connectivity index (χ1v) is 5.63. The highest BCUT2D eigenvalue weighted by atomic mass is 16.5. The van der Waals surface area contributed by atoms with E-state index in [-0.39, 0.29) is 18.9 Å². The molecule has 0 unspecified atom stereocenters. The van der Waals surface area contributed by atoms with E-state index in [1.807, 2.05) is 0 Å². The van der Waals surface area contributed by atoms with Crippen LogP contribution in [0.4, 0.5) is 11.4 Å². The number of nitrogens with one attached hydrogen (secondary N) is 1. The first-order valence-electron chi connectivity index (χ1n) is 5.63. The minimum absolute atomic E-state index is 0.221. The summed E-state index contributed by atoms with van der Waals surface area (Å²) in [4.78, 5) is 22.2. The van der Waals surface area contributed by atoms with Gasteiger partial charge in [0.1, 0.15) is 0 Å². The molecule has 0 aliphatic heterocycles. The van der Waals surface area contributed by atoms with Gasteiger partial charge in [-0.15, -0.1) is 0 Å². The Balaban J connectivity index is 2.74. The molecule has 1 aromatic carbocycles. The quantitative estimate of drug-likeness (QED) is 0.510. The summed E-state index contributed by atoms with van der Waals surface area (Å²) in [5.41, 5.74) is 12.1. The molecule has 1 amide bonds. The van der Waals surface area contributed by atoms with Crippen molar-refractivity contribution in [2.24, 2.45) is 5.73 Å². The summed E-state index contributed by atoms with van der Waals surface area (Å²) in [6, 6.07) is 4.92. The highest BCUT2D eigenvalue weighted by Crippen LogP contribution is 2.18. The van der Waals surface area contributed by atoms with Crippen LogP contribution >= 0.6 is 0 Å². The van der Waals surface area contributed by atoms with E-state index >= 15 is 0 Å². The molecule has 0 radical (unpaired) electrons. The lowest BCUT2D eigenvalue weighted by Crippen LogP contribution is -2.16. The number of esters is 1. The van der Waals surface area contributed by atoms with Crippen LogP contribution in [0.1, 0.15) is 23.7 Å². The Morgan fingerprint density at radius 1 is 1.39 bits per heavy atom. The Hall–Kier alpha value is -2.24. The molecule has 0 fully saturated rings. The van der Waals surface area contributed by atoms with Crippen molar-refractivity contribution in [2.45, 2.75) is 13.3 Å². The summed E-state index contributed by atoms with van der Waals surface area (Å²) >= 11 is 0. The van der Waals surface area contributed by atoms with Gasteiger partial charge in [-0.25, -0.2) is 4.79 Å². The Bertz CT molecular complexity index is 446. The Kier molecular flexibility index (Phi) is 4.98. The van der Waals surface area contributed by atoms with E-state index in [2.05, 4.69) is 5.32 Å². The van der Waals surface area contributed by atoms with Gasteiger partial charge in [0.15, 0.2) is 0 Å². The van der Waals surface area contributed by atoms with Gasteiger partial charge < -0.3 is 21.5 Å². The second-order valence-corrected chi connectivity index (χ2v) is 3.67. The van der Waals surface area contributed by atoms with Crippen molar-refractivity contribution in [3.63, 3.8) is 0 Å². The average molecular weight is 251 g/mol. The van der Waals surface area contributed by atoms with Crippen molar-refractivity contribution in [1.82, 2.24) is 0 Å². The lowest BCUT2D eigenvalue weighted by molar-refractivity contribution is -0.117. The number of hydrogen-bond donors (Lipinski definition) is 3. The molecule has 0 aliphatic carbocycles. The summed E-state index contributed by atoms with van der Waals surface area (Å²) < 4.78 is 4.89. The van der Waals surface area contributed by atoms with Crippen molar-refractivity contribution in [2.75, 3.05) is 24.2 Å². The number of benzene rings is 1. The first kappa shape index (κ1) is 13.8. The van der Waals surface area contributed by atoms with Crippen LogP contribution in [0.5, 0.6) is 0 Å². The monoisotopic (exact) mass is 251 g/mol. The van der Waals surface area contributed by atoms with Gasteiger partial charge in [-0.3, -0.25) is 4.79 Å². The number of carbonyl (C=O) groups excluding carboxylic acids is 2. The minimum atomic E-state index is -0.464. The molecule has 0 saturated heterocycles. The number of primary amides is 1. The third-order valence-corrected chi connectivity index (χ3v) is 2.25. The van der Waals surface area contributed by atoms with E-state index in [0.29, 0.717) is 23.5 Å². The lowest BCUT2D eigenvalue weighted by Gasteiger charge is -2.09. The maximum Gasteiger partial charge on any atom is 0.340 e. The molecular formula is C12H17N3O3. The summed E-state index contributed by atoms with van der Waals surface area (Å²) in [5, 5.41) is 2.98. The van der Waals surface area contributed by atoms with E-state index in [1.165, 1.54) is 0 Å². The fourth-order valence-electron chi connectivity index (χ4n) is 1.38. The molecule has 1 aromatic rings. The molecule has 0 spiro atoms. The van der Waals surface area contributed by atoms with Crippen LogP contribution < -0.4 is 16.8 Å². The summed E-state index contributed by atoms with van der Waals surface area (Å²) in [6.45, 7) is 2.42. The van der Waals surface area contributed by atoms with Gasteiger partial charge in [0.05, 0.1) is 12.2 Å². The fourth-order valence-corrected chi connectivity index (χ4v) is 1.38. The van der Waals surface area contributed by atoms with Crippen LogP contribution in [0.2, 0.25) is 0 Å². The predicted octanol–water partition coefficient (Wildman–Crippen LogP) is 0.733. The van der Waals surface area contributed by atoms with Gasteiger partial charge in [0.2, 0.25) is 5.91 Å². The Morgan fingerprint density at radius 3 is 2.72 bits per heavy atom. The maximum atomic E-state index is 11.6. The molecule has 5 N–H and O–H groups in total. The van der Waals surface area contributed by atoms with Crippen molar-refractivity contribution in [3.8, 4) is 0 Å². The lowest BCUT2D eigenvalue weighted by atomic mass is 10.1. The minimum Gasteiger partial charge on any atom is -0.462 e. The summed E-state index contributed by atoms with van der Waals surface area (Å²) in [6.07, 6.45) is 0.221. The number of ether oxygens (including phenoxy) is 1. The van der Waals surface area contributed by atoms with Crippen molar-refractivity contribution < 1.29 is 14.3 Å². The van der Waals surface area contributed by atoms with E-state index in [9.17, 15) is 9.59 Å². The molecule has 0 aliphatic rings. The van der Waals surface area contributed by atoms with Gasteiger partial charge in [0.25, 0.3) is 0 Å². The average Bonchev–Trinajstić information content (AvgIpc) is 2.31. The summed E-state index contributed by atoms with van der Waals surface area (Å²) in [7, 11) is 0. The van der Waals surface area contributed by atoms with Gasteiger partial charge >= 0.3 is 5.97 Å². The number of nitrogen functional groups attached to an aromatic ring is 1. The zero-order valence-corrected chi connectivity index (χ0v) is 10.2. The molecule has 6 nitrogen and oxygen atoms in total. The van der Waals surface area contributed by atoms with Crippen LogP contribution in [-0.2, 0) is 9.53 Å². The SMILES string of the molecule is CCOC(=O)c1cc(NCCC(N)=O)ccc1N. The molecule has 1 rings (SSSR count). The second kappa shape index (κ2) is 6.48. The third kappa shape index (κ3) is 3.97. The molecule has 18 heavy (non-hydrogen) atoms. The summed E-state index contributed by atoms with van der Waals surface area (Å²) in [5.74, 6) is -0.850. The first-order chi connectivity index (χ1) is 8.54. The molecule has 0 saturated carbocycles. The molecule has 0 bridgehead atoms. The highest BCUT2D eigenvalue weighted by molar-refractivity contribution is 5.96. The second-order valence-electron chi connectivity index (χ2n) is 3.67. The van der Waals surface area contributed by atoms with Gasteiger partial charge in [-0.05, 0) is 25.1 Å². The number of amides is 1. The van der Waals surface area contributed by atoms with Crippen LogP contribution in [0.15, 0.2) is 18.2 Å². The van der Waals surface area contributed by atoms with Crippen LogP contribution in [0, 0.1) is 0 Å². The van der Waals surface area contributed by atoms with Crippen molar-refractivity contribution in [3.05, 3.63) is 23.8 Å². The zero-order valence-electron chi connectivity index (χ0n) is 10.2. The van der Waals surface area contributed by atoms with E-state index in [1.54, 1.807) is 25.1 Å². The normalized spacial score (nSPS) is 9.83. The molecular weight excluding hydrogens is 234 g/mol. The Labute approximate surface area is 105 Å². The standard InChI is InChI=1S/C12H17N3O3/c1-2-18-12(17)9-7-8(3-4-10(9)13)15-6-5-11(14)16/h3-4,7,15H,2,5-6,13H2,1H3,(H2,14,16). The number of anilines is 2. The number of hydrogen-bond acceptors (Lipinski definition) is 5. The predicted molar refractivity (Wildman–Crippen MR) is 69.1 cm³/mol. The number of nitrogens with two attached hydrogens (primary N) is 2. The van der Waals surface area contributed by atoms with Gasteiger partial charge in [-0.2, -0.15) is 0 Å². The number of rotatable bonds is 6. The smallest absolute Gasteiger partial charge is 0.340 e. The van der Waals surface area contributed by atoms with Gasteiger partial charge in [-0.1, -0.05) is 0 Å². The molecule has 6 heteroatoms. The molecule has 98 valence electrons. The zero-order chi connectivity index (χ0) is 13.5. The van der Waals surface area contributed by atoms with Crippen molar-refractivity contribution >= 4 is 23.3 Å². The number of carbonyl (C=O) groups is 2. The molecule has 0 aromatic heterocycles. The maximum absolute atomic E-state index is 11.6. The topological polar surface area (TPSA) is 107 Å². The van der Waals surface area contributed by atoms with E-state index < -0.39 is 5.97 Å². The van der Waals surface area contributed by atoms with E-state index in [0.717, 1.165) is 0 Å².